The molecule has 0 saturated heterocycles. The molecular weight excluding hydrogens is 387 g/mol. The number of benzene rings is 2. The van der Waals surface area contributed by atoms with E-state index in [1.54, 1.807) is 6.92 Å². The van der Waals surface area contributed by atoms with Gasteiger partial charge in [-0.3, -0.25) is 9.52 Å². The highest BCUT2D eigenvalue weighted by molar-refractivity contribution is 7.92. The van der Waals surface area contributed by atoms with Gasteiger partial charge in [0.05, 0.1) is 23.3 Å². The molecule has 0 unspecified atom stereocenters. The molecule has 0 atom stereocenters. The third-order valence-electron chi connectivity index (χ3n) is 3.18. The summed E-state index contributed by atoms with van der Waals surface area (Å²) in [6, 6.07) is 8.36. The molecule has 0 spiro atoms. The summed E-state index contributed by atoms with van der Waals surface area (Å²) in [7, 11) is -2.54. The Balaban J connectivity index is 2.41. The fraction of sp³-hybridized carbons (Fsp3) is 0.188. The maximum absolute atomic E-state index is 12.6. The zero-order valence-corrected chi connectivity index (χ0v) is 15.8. The van der Waals surface area contributed by atoms with Crippen LogP contribution in [-0.4, -0.2) is 28.0 Å². The molecule has 2 N–H and O–H groups in total. The van der Waals surface area contributed by atoms with Gasteiger partial charge < -0.3 is 10.1 Å². The van der Waals surface area contributed by atoms with Gasteiger partial charge in [-0.25, -0.2) is 8.42 Å². The lowest BCUT2D eigenvalue weighted by Crippen LogP contribution is -2.24. The molecular formula is C16H16Cl2N2O4S. The fourth-order valence-electron chi connectivity index (χ4n) is 2.11. The summed E-state index contributed by atoms with van der Waals surface area (Å²) in [6.45, 7) is 2.16. The highest BCUT2D eigenvalue weighted by Crippen LogP contribution is 2.27. The van der Waals surface area contributed by atoms with Gasteiger partial charge in [-0.1, -0.05) is 23.2 Å². The largest absolute Gasteiger partial charge is 0.496 e. The van der Waals surface area contributed by atoms with Crippen molar-refractivity contribution in [3.05, 3.63) is 52.0 Å². The Bertz CT molecular complexity index is 881. The molecule has 0 aliphatic heterocycles. The van der Waals surface area contributed by atoms with Crippen molar-refractivity contribution in [3.63, 3.8) is 0 Å². The number of hydrogen-bond acceptors (Lipinski definition) is 4. The number of carbonyl (C=O) groups is 1. The van der Waals surface area contributed by atoms with Gasteiger partial charge in [-0.2, -0.15) is 0 Å². The van der Waals surface area contributed by atoms with Crippen LogP contribution in [-0.2, 0) is 10.0 Å². The molecule has 0 bridgehead atoms. The quantitative estimate of drug-likeness (QED) is 0.773. The van der Waals surface area contributed by atoms with E-state index in [-0.39, 0.29) is 21.9 Å². The molecule has 134 valence electrons. The summed E-state index contributed by atoms with van der Waals surface area (Å²) in [5.74, 6) is -0.155. The first-order chi connectivity index (χ1) is 11.8. The van der Waals surface area contributed by atoms with Crippen LogP contribution in [0.15, 0.2) is 41.3 Å². The van der Waals surface area contributed by atoms with E-state index in [1.807, 2.05) is 0 Å². The molecule has 2 rings (SSSR count). The predicted octanol–water partition coefficient (Wildman–Crippen LogP) is 3.55. The Morgan fingerprint density at radius 2 is 1.76 bits per heavy atom. The van der Waals surface area contributed by atoms with Crippen LogP contribution in [0.2, 0.25) is 10.0 Å². The molecule has 9 heteroatoms. The van der Waals surface area contributed by atoms with Gasteiger partial charge in [0.2, 0.25) is 0 Å². The molecule has 0 fully saturated rings. The topological polar surface area (TPSA) is 84.5 Å². The number of anilines is 1. The minimum Gasteiger partial charge on any atom is -0.496 e. The Kier molecular flexibility index (Phi) is 6.16. The van der Waals surface area contributed by atoms with Gasteiger partial charge in [0.1, 0.15) is 5.75 Å². The van der Waals surface area contributed by atoms with Crippen LogP contribution in [0.1, 0.15) is 17.3 Å². The molecule has 0 aliphatic carbocycles. The van der Waals surface area contributed by atoms with Gasteiger partial charge >= 0.3 is 0 Å². The molecule has 0 aromatic heterocycles. The van der Waals surface area contributed by atoms with Crippen LogP contribution >= 0.6 is 23.2 Å². The van der Waals surface area contributed by atoms with Crippen molar-refractivity contribution >= 4 is 44.8 Å². The summed E-state index contributed by atoms with van der Waals surface area (Å²) in [5.41, 5.74) is 0.337. The number of sulfonamides is 1. The minimum absolute atomic E-state index is 0.0920. The number of carbonyl (C=O) groups excluding carboxylic acids is 1. The normalized spacial score (nSPS) is 11.0. The summed E-state index contributed by atoms with van der Waals surface area (Å²) in [4.78, 5) is 12.0. The second-order valence-corrected chi connectivity index (χ2v) is 7.54. The Morgan fingerprint density at radius 1 is 1.12 bits per heavy atom. The zero-order chi connectivity index (χ0) is 18.6. The molecule has 0 radical (unpaired) electrons. The van der Waals surface area contributed by atoms with Crippen molar-refractivity contribution in [3.8, 4) is 5.75 Å². The number of hydrogen-bond donors (Lipinski definition) is 2. The van der Waals surface area contributed by atoms with Crippen molar-refractivity contribution in [2.75, 3.05) is 18.4 Å². The maximum atomic E-state index is 12.6. The summed E-state index contributed by atoms with van der Waals surface area (Å²) >= 11 is 11.8. The van der Waals surface area contributed by atoms with E-state index in [2.05, 4.69) is 10.0 Å². The van der Waals surface area contributed by atoms with Crippen LogP contribution in [0.4, 0.5) is 5.69 Å². The molecule has 25 heavy (non-hydrogen) atoms. The standard InChI is InChI=1S/C16H16Cl2N2O4S/c1-3-19-16(21)14-9-13(4-5-15(14)24-2)25(22,23)20-12-7-10(17)6-11(18)8-12/h4-9,20H,3H2,1-2H3,(H,19,21). The minimum atomic E-state index is -3.95. The number of amides is 1. The maximum Gasteiger partial charge on any atom is 0.261 e. The van der Waals surface area contributed by atoms with Crippen molar-refractivity contribution in [2.24, 2.45) is 0 Å². The molecule has 0 heterocycles. The van der Waals surface area contributed by atoms with E-state index < -0.39 is 15.9 Å². The molecule has 0 aliphatic rings. The lowest BCUT2D eigenvalue weighted by Gasteiger charge is -2.12. The van der Waals surface area contributed by atoms with E-state index >= 15 is 0 Å². The second kappa shape index (κ2) is 7.95. The van der Waals surface area contributed by atoms with Crippen molar-refractivity contribution < 1.29 is 17.9 Å². The molecule has 2 aromatic carbocycles. The van der Waals surface area contributed by atoms with Crippen LogP contribution < -0.4 is 14.8 Å². The lowest BCUT2D eigenvalue weighted by molar-refractivity contribution is 0.0952. The van der Waals surface area contributed by atoms with Gasteiger partial charge in [0, 0.05) is 16.6 Å². The van der Waals surface area contributed by atoms with Crippen LogP contribution in [0.5, 0.6) is 5.75 Å². The third kappa shape index (κ3) is 4.78. The summed E-state index contributed by atoms with van der Waals surface area (Å²) < 4.78 is 32.7. The second-order valence-electron chi connectivity index (χ2n) is 4.99. The highest BCUT2D eigenvalue weighted by Gasteiger charge is 2.20. The third-order valence-corrected chi connectivity index (χ3v) is 4.99. The number of halogens is 2. The van der Waals surface area contributed by atoms with E-state index in [1.165, 1.54) is 43.5 Å². The predicted molar refractivity (Wildman–Crippen MR) is 98.3 cm³/mol. The van der Waals surface area contributed by atoms with E-state index in [0.717, 1.165) is 0 Å². The molecule has 0 saturated carbocycles. The Hall–Kier alpha value is -1.96. The first kappa shape index (κ1) is 19.4. The van der Waals surface area contributed by atoms with E-state index in [4.69, 9.17) is 27.9 Å². The number of nitrogens with one attached hydrogen (secondary N) is 2. The van der Waals surface area contributed by atoms with Crippen LogP contribution in [0, 0.1) is 0 Å². The van der Waals surface area contributed by atoms with Gasteiger partial charge in [-0.05, 0) is 43.3 Å². The lowest BCUT2D eigenvalue weighted by atomic mass is 10.2. The Morgan fingerprint density at radius 3 is 2.32 bits per heavy atom. The van der Waals surface area contributed by atoms with Crippen molar-refractivity contribution in [1.29, 1.82) is 0 Å². The summed E-state index contributed by atoms with van der Waals surface area (Å²) in [6.07, 6.45) is 0. The fourth-order valence-corrected chi connectivity index (χ4v) is 3.71. The van der Waals surface area contributed by atoms with Gasteiger partial charge in [-0.15, -0.1) is 0 Å². The van der Waals surface area contributed by atoms with Crippen molar-refractivity contribution in [2.45, 2.75) is 11.8 Å². The van der Waals surface area contributed by atoms with Gasteiger partial charge in [0.15, 0.2) is 0 Å². The monoisotopic (exact) mass is 402 g/mol. The van der Waals surface area contributed by atoms with Crippen molar-refractivity contribution in [1.82, 2.24) is 5.32 Å². The average molecular weight is 403 g/mol. The van der Waals surface area contributed by atoms with E-state index in [0.29, 0.717) is 16.6 Å². The van der Waals surface area contributed by atoms with Crippen LogP contribution in [0.3, 0.4) is 0 Å². The number of rotatable bonds is 6. The molecule has 6 nitrogen and oxygen atoms in total. The smallest absolute Gasteiger partial charge is 0.261 e. The molecule has 1 amide bonds. The van der Waals surface area contributed by atoms with Crippen LogP contribution in [0.25, 0.3) is 0 Å². The zero-order valence-electron chi connectivity index (χ0n) is 13.5. The summed E-state index contributed by atoms with van der Waals surface area (Å²) in [5, 5.41) is 3.20. The first-order valence-corrected chi connectivity index (χ1v) is 9.46. The average Bonchev–Trinajstić information content (AvgIpc) is 2.53. The number of ether oxygens (including phenoxy) is 1. The highest BCUT2D eigenvalue weighted by atomic mass is 35.5. The first-order valence-electron chi connectivity index (χ1n) is 7.22. The Labute approximate surface area is 156 Å². The van der Waals surface area contributed by atoms with E-state index in [9.17, 15) is 13.2 Å². The molecule has 2 aromatic rings. The SMILES string of the molecule is CCNC(=O)c1cc(S(=O)(=O)Nc2cc(Cl)cc(Cl)c2)ccc1OC. The van der Waals surface area contributed by atoms with Gasteiger partial charge in [0.25, 0.3) is 15.9 Å². The number of methoxy groups -OCH3 is 1.